The van der Waals surface area contributed by atoms with Gasteiger partial charge in [0.15, 0.2) is 0 Å². The number of nitrogens with one attached hydrogen (secondary N) is 1. The van der Waals surface area contributed by atoms with E-state index in [4.69, 9.17) is 11.6 Å². The fourth-order valence-corrected chi connectivity index (χ4v) is 2.00. The van der Waals surface area contributed by atoms with Gasteiger partial charge in [-0.25, -0.2) is 0 Å². The van der Waals surface area contributed by atoms with Crippen molar-refractivity contribution >= 4 is 23.0 Å². The summed E-state index contributed by atoms with van der Waals surface area (Å²) < 4.78 is 0. The Balaban J connectivity index is 2.82. The van der Waals surface area contributed by atoms with Gasteiger partial charge < -0.3 is 15.3 Å². The third-order valence-electron chi connectivity index (χ3n) is 2.47. The minimum atomic E-state index is -1.00. The van der Waals surface area contributed by atoms with Crippen LogP contribution in [0.5, 0.6) is 0 Å². The molecule has 0 aliphatic heterocycles. The largest absolute Gasteiger partial charge is 0.387 e. The van der Waals surface area contributed by atoms with E-state index >= 15 is 0 Å². The first-order chi connectivity index (χ1) is 8.71. The van der Waals surface area contributed by atoms with Crippen LogP contribution in [0, 0.1) is 10.1 Å². The number of halogens is 1. The third kappa shape index (κ3) is 5.02. The zero-order valence-electron chi connectivity index (χ0n) is 11.2. The Morgan fingerprint density at radius 3 is 2.68 bits per heavy atom. The van der Waals surface area contributed by atoms with Gasteiger partial charge in [-0.05, 0) is 33.2 Å². The lowest BCUT2D eigenvalue weighted by Crippen LogP contribution is -2.43. The molecule has 0 fully saturated rings. The Hall–Kier alpha value is -1.37. The molecule has 0 saturated carbocycles. The molecule has 1 rings (SSSR count). The van der Waals surface area contributed by atoms with Crippen LogP contribution in [0.1, 0.15) is 6.92 Å². The molecule has 6 nitrogen and oxygen atoms in total. The van der Waals surface area contributed by atoms with E-state index in [0.717, 1.165) is 0 Å². The van der Waals surface area contributed by atoms with Crippen molar-refractivity contribution in [3.8, 4) is 0 Å². The van der Waals surface area contributed by atoms with E-state index in [0.29, 0.717) is 17.3 Å². The first kappa shape index (κ1) is 15.7. The minimum absolute atomic E-state index is 0.0648. The molecule has 7 heteroatoms. The summed E-state index contributed by atoms with van der Waals surface area (Å²) in [7, 11) is 3.69. The normalized spacial score (nSPS) is 14.2. The first-order valence-electron chi connectivity index (χ1n) is 5.76. The number of nitro benzene ring substituents is 1. The highest BCUT2D eigenvalue weighted by molar-refractivity contribution is 6.31. The molecule has 1 atom stereocenters. The van der Waals surface area contributed by atoms with E-state index in [1.165, 1.54) is 18.2 Å². The summed E-state index contributed by atoms with van der Waals surface area (Å²) in [5, 5.41) is 24.3. The van der Waals surface area contributed by atoms with Crippen LogP contribution in [0.25, 0.3) is 0 Å². The maximum atomic E-state index is 10.9. The number of benzene rings is 1. The Labute approximate surface area is 117 Å². The van der Waals surface area contributed by atoms with Gasteiger partial charge in [0.2, 0.25) is 0 Å². The fourth-order valence-electron chi connectivity index (χ4n) is 1.83. The number of rotatable bonds is 6. The molecule has 0 radical (unpaired) electrons. The van der Waals surface area contributed by atoms with Gasteiger partial charge in [0, 0.05) is 24.2 Å². The lowest BCUT2D eigenvalue weighted by molar-refractivity contribution is -0.384. The van der Waals surface area contributed by atoms with E-state index in [-0.39, 0.29) is 12.2 Å². The van der Waals surface area contributed by atoms with Gasteiger partial charge in [0.05, 0.1) is 10.5 Å². The van der Waals surface area contributed by atoms with E-state index in [1.54, 1.807) is 6.92 Å². The lowest BCUT2D eigenvalue weighted by atomic mass is 10.1. The van der Waals surface area contributed by atoms with Gasteiger partial charge in [-0.1, -0.05) is 11.6 Å². The van der Waals surface area contributed by atoms with Crippen molar-refractivity contribution < 1.29 is 10.0 Å². The van der Waals surface area contributed by atoms with Crippen LogP contribution >= 0.6 is 11.6 Å². The van der Waals surface area contributed by atoms with Crippen LogP contribution in [0.3, 0.4) is 0 Å². The minimum Gasteiger partial charge on any atom is -0.387 e. The zero-order chi connectivity index (χ0) is 14.6. The average Bonchev–Trinajstić information content (AvgIpc) is 2.24. The molecule has 0 aromatic heterocycles. The summed E-state index contributed by atoms with van der Waals surface area (Å²) in [5.74, 6) is 0. The fraction of sp³-hybridized carbons (Fsp3) is 0.500. The molecule has 1 unspecified atom stereocenters. The van der Waals surface area contributed by atoms with E-state index in [2.05, 4.69) is 5.32 Å². The van der Waals surface area contributed by atoms with Crippen LogP contribution in [0.4, 0.5) is 11.4 Å². The molecule has 0 aliphatic rings. The highest BCUT2D eigenvalue weighted by Gasteiger charge is 2.23. The average molecular weight is 288 g/mol. The molecular formula is C12H18ClN3O3. The number of likely N-dealkylation sites (N-methyl/N-ethyl adjacent to an activating group) is 1. The van der Waals surface area contributed by atoms with Gasteiger partial charge in [-0.3, -0.25) is 10.1 Å². The predicted molar refractivity (Wildman–Crippen MR) is 75.8 cm³/mol. The van der Waals surface area contributed by atoms with Crippen LogP contribution < -0.4 is 5.32 Å². The van der Waals surface area contributed by atoms with Crippen molar-refractivity contribution in [2.75, 3.05) is 32.5 Å². The second-order valence-electron chi connectivity index (χ2n) is 5.01. The van der Waals surface area contributed by atoms with E-state index in [9.17, 15) is 15.2 Å². The van der Waals surface area contributed by atoms with Crippen LogP contribution in [0.15, 0.2) is 18.2 Å². The summed E-state index contributed by atoms with van der Waals surface area (Å²) in [6.45, 7) is 2.29. The Kier molecular flexibility index (Phi) is 5.11. The Bertz CT molecular complexity index is 464. The molecule has 19 heavy (non-hydrogen) atoms. The van der Waals surface area contributed by atoms with Gasteiger partial charge in [0.25, 0.3) is 5.69 Å². The molecule has 0 amide bonds. The number of hydrogen-bond donors (Lipinski definition) is 2. The monoisotopic (exact) mass is 287 g/mol. The smallest absolute Gasteiger partial charge is 0.292 e. The quantitative estimate of drug-likeness (QED) is 0.618. The highest BCUT2D eigenvalue weighted by atomic mass is 35.5. The molecule has 0 heterocycles. The second kappa shape index (κ2) is 6.18. The van der Waals surface area contributed by atoms with Crippen molar-refractivity contribution in [2.24, 2.45) is 0 Å². The Morgan fingerprint density at radius 2 is 2.16 bits per heavy atom. The van der Waals surface area contributed by atoms with Crippen molar-refractivity contribution in [3.05, 3.63) is 33.3 Å². The zero-order valence-corrected chi connectivity index (χ0v) is 11.9. The lowest BCUT2D eigenvalue weighted by Gasteiger charge is -2.27. The van der Waals surface area contributed by atoms with E-state index in [1.807, 2.05) is 19.0 Å². The molecule has 0 spiro atoms. The summed E-state index contributed by atoms with van der Waals surface area (Å²) >= 11 is 5.82. The van der Waals surface area contributed by atoms with Crippen molar-refractivity contribution in [2.45, 2.75) is 12.5 Å². The first-order valence-corrected chi connectivity index (χ1v) is 6.14. The molecule has 2 N–H and O–H groups in total. The van der Waals surface area contributed by atoms with Crippen molar-refractivity contribution in [3.63, 3.8) is 0 Å². The second-order valence-corrected chi connectivity index (χ2v) is 5.44. The van der Waals surface area contributed by atoms with Crippen molar-refractivity contribution in [1.82, 2.24) is 4.90 Å². The van der Waals surface area contributed by atoms with Crippen LogP contribution in [0.2, 0.25) is 5.02 Å². The molecule has 0 aliphatic carbocycles. The van der Waals surface area contributed by atoms with Gasteiger partial charge >= 0.3 is 0 Å². The molecule has 1 aromatic rings. The number of hydrogen-bond acceptors (Lipinski definition) is 5. The molecule has 106 valence electrons. The predicted octanol–water partition coefficient (Wildman–Crippen LogP) is 1.97. The maximum Gasteiger partial charge on any atom is 0.292 e. The summed E-state index contributed by atoms with van der Waals surface area (Å²) in [6.07, 6.45) is 0. The number of nitrogens with zero attached hydrogens (tertiary/aromatic N) is 2. The van der Waals surface area contributed by atoms with Gasteiger partial charge in [-0.15, -0.1) is 0 Å². The molecular weight excluding hydrogens is 270 g/mol. The molecule has 0 bridgehead atoms. The van der Waals surface area contributed by atoms with E-state index < -0.39 is 10.5 Å². The van der Waals surface area contributed by atoms with Crippen molar-refractivity contribution in [1.29, 1.82) is 0 Å². The third-order valence-corrected chi connectivity index (χ3v) is 2.71. The number of nitro groups is 1. The number of anilines is 1. The maximum absolute atomic E-state index is 10.9. The Morgan fingerprint density at radius 1 is 1.53 bits per heavy atom. The standard InChI is InChI=1S/C12H18ClN3O3/c1-12(17,8-15(2)3)7-14-10-6-9(13)4-5-11(10)16(18)19/h4-6,14,17H,7-8H2,1-3H3. The van der Waals surface area contributed by atoms with Crippen LogP contribution in [-0.4, -0.2) is 47.7 Å². The highest BCUT2D eigenvalue weighted by Crippen LogP contribution is 2.28. The summed E-state index contributed by atoms with van der Waals surface area (Å²) in [6, 6.07) is 4.28. The van der Waals surface area contributed by atoms with Crippen LogP contribution in [-0.2, 0) is 0 Å². The SMILES string of the molecule is CN(C)CC(C)(O)CNc1cc(Cl)ccc1[N+](=O)[O-]. The summed E-state index contributed by atoms with van der Waals surface area (Å²) in [4.78, 5) is 12.2. The number of aliphatic hydroxyl groups is 1. The topological polar surface area (TPSA) is 78.6 Å². The molecule has 1 aromatic carbocycles. The van der Waals surface area contributed by atoms with Gasteiger partial charge in [0.1, 0.15) is 5.69 Å². The summed E-state index contributed by atoms with van der Waals surface area (Å²) in [5.41, 5.74) is -0.763. The van der Waals surface area contributed by atoms with Gasteiger partial charge in [-0.2, -0.15) is 0 Å². The molecule has 0 saturated heterocycles.